The number of benzene rings is 3. The fourth-order valence-electron chi connectivity index (χ4n) is 2.68. The maximum absolute atomic E-state index is 13.1. The summed E-state index contributed by atoms with van der Waals surface area (Å²) in [5.41, 5.74) is 3.67. The first-order chi connectivity index (χ1) is 12.2. The summed E-state index contributed by atoms with van der Waals surface area (Å²) in [5, 5.41) is 3.36. The number of anilines is 1. The van der Waals surface area contributed by atoms with Gasteiger partial charge in [0.1, 0.15) is 11.8 Å². The largest absolute Gasteiger partial charge is 0.497 e. The van der Waals surface area contributed by atoms with Crippen LogP contribution in [0.2, 0.25) is 0 Å². The number of rotatable bonds is 6. The van der Waals surface area contributed by atoms with Gasteiger partial charge in [-0.05, 0) is 36.8 Å². The molecule has 0 heterocycles. The molecule has 0 saturated heterocycles. The molecule has 3 aromatic rings. The van der Waals surface area contributed by atoms with Gasteiger partial charge in [0.05, 0.1) is 7.11 Å². The average molecular weight is 331 g/mol. The molecule has 3 rings (SSSR count). The first-order valence-electron chi connectivity index (χ1n) is 8.24. The topological polar surface area (TPSA) is 38.3 Å². The molecule has 0 bridgehead atoms. The molecule has 0 fully saturated rings. The van der Waals surface area contributed by atoms with Gasteiger partial charge in [-0.1, -0.05) is 60.2 Å². The van der Waals surface area contributed by atoms with Crippen LogP contribution in [0, 0.1) is 6.92 Å². The summed E-state index contributed by atoms with van der Waals surface area (Å²) < 4.78 is 5.19. The number of hydrogen-bond acceptors (Lipinski definition) is 3. The summed E-state index contributed by atoms with van der Waals surface area (Å²) in [7, 11) is 1.64. The molecule has 0 aliphatic rings. The first kappa shape index (κ1) is 16.8. The molecule has 0 saturated carbocycles. The minimum atomic E-state index is -0.448. The Morgan fingerprint density at radius 1 is 0.880 bits per heavy atom. The van der Waals surface area contributed by atoms with E-state index in [1.54, 1.807) is 7.11 Å². The number of hydrogen-bond donors (Lipinski definition) is 1. The van der Waals surface area contributed by atoms with Crippen LogP contribution in [-0.4, -0.2) is 12.9 Å². The van der Waals surface area contributed by atoms with Crippen LogP contribution in [0.3, 0.4) is 0 Å². The van der Waals surface area contributed by atoms with Gasteiger partial charge in [0.2, 0.25) is 0 Å². The van der Waals surface area contributed by atoms with Gasteiger partial charge in [-0.15, -0.1) is 0 Å². The maximum atomic E-state index is 13.1. The first-order valence-corrected chi connectivity index (χ1v) is 8.24. The second-order valence-corrected chi connectivity index (χ2v) is 5.95. The van der Waals surface area contributed by atoms with Crippen molar-refractivity contribution in [3.63, 3.8) is 0 Å². The van der Waals surface area contributed by atoms with E-state index in [0.29, 0.717) is 5.56 Å². The lowest BCUT2D eigenvalue weighted by molar-refractivity contribution is 0.0969. The second kappa shape index (κ2) is 7.67. The third kappa shape index (κ3) is 4.07. The third-order valence-corrected chi connectivity index (χ3v) is 4.13. The molecule has 1 atom stereocenters. The number of methoxy groups -OCH3 is 1. The summed E-state index contributed by atoms with van der Waals surface area (Å²) in [6, 6.07) is 24.5. The standard InChI is InChI=1S/C22H21NO2/c1-16-8-10-17(11-9-16)21(22(24)18-6-4-3-5-7-18)23-19-12-14-20(25-2)15-13-19/h3-15,21,23H,1-2H3. The lowest BCUT2D eigenvalue weighted by atomic mass is 9.96. The van der Waals surface area contributed by atoms with E-state index in [9.17, 15) is 4.79 Å². The Kier molecular flexibility index (Phi) is 5.14. The number of Topliss-reactive ketones (excluding diaryl/α,β-unsaturated/α-hetero) is 1. The Bertz CT molecular complexity index is 824. The lowest BCUT2D eigenvalue weighted by Gasteiger charge is -2.20. The molecule has 3 nitrogen and oxygen atoms in total. The monoisotopic (exact) mass is 331 g/mol. The summed E-state index contributed by atoms with van der Waals surface area (Å²) in [6.07, 6.45) is 0. The quantitative estimate of drug-likeness (QED) is 0.643. The third-order valence-electron chi connectivity index (χ3n) is 4.13. The van der Waals surface area contributed by atoms with Crippen molar-refractivity contribution in [2.45, 2.75) is 13.0 Å². The van der Waals surface area contributed by atoms with Crippen molar-refractivity contribution in [1.29, 1.82) is 0 Å². The van der Waals surface area contributed by atoms with Gasteiger partial charge in [0.25, 0.3) is 0 Å². The van der Waals surface area contributed by atoms with Crippen molar-refractivity contribution in [3.8, 4) is 5.75 Å². The molecular weight excluding hydrogens is 310 g/mol. The number of ketones is 1. The van der Waals surface area contributed by atoms with Crippen LogP contribution in [0.5, 0.6) is 5.75 Å². The molecule has 0 aliphatic carbocycles. The predicted molar refractivity (Wildman–Crippen MR) is 101 cm³/mol. The molecule has 1 unspecified atom stereocenters. The van der Waals surface area contributed by atoms with Gasteiger partial charge in [0.15, 0.2) is 5.78 Å². The molecular formula is C22H21NO2. The van der Waals surface area contributed by atoms with Gasteiger partial charge < -0.3 is 10.1 Å². The molecule has 25 heavy (non-hydrogen) atoms. The van der Waals surface area contributed by atoms with Gasteiger partial charge in [0, 0.05) is 11.3 Å². The van der Waals surface area contributed by atoms with Crippen molar-refractivity contribution in [3.05, 3.63) is 95.6 Å². The Hall–Kier alpha value is -3.07. The summed E-state index contributed by atoms with van der Waals surface area (Å²) in [4.78, 5) is 13.1. The second-order valence-electron chi connectivity index (χ2n) is 5.95. The van der Waals surface area contributed by atoms with Crippen LogP contribution in [0.1, 0.15) is 27.5 Å². The predicted octanol–water partition coefficient (Wildman–Crippen LogP) is 5.04. The fraction of sp³-hybridized carbons (Fsp3) is 0.136. The zero-order chi connectivity index (χ0) is 17.6. The molecule has 0 aromatic heterocycles. The number of carbonyl (C=O) groups excluding carboxylic acids is 1. The van der Waals surface area contributed by atoms with E-state index in [1.807, 2.05) is 85.8 Å². The summed E-state index contributed by atoms with van der Waals surface area (Å²) >= 11 is 0. The number of ether oxygens (including phenoxy) is 1. The normalized spacial score (nSPS) is 11.6. The smallest absolute Gasteiger partial charge is 0.189 e. The van der Waals surface area contributed by atoms with Crippen molar-refractivity contribution >= 4 is 11.5 Å². The van der Waals surface area contributed by atoms with E-state index in [2.05, 4.69) is 5.32 Å². The maximum Gasteiger partial charge on any atom is 0.189 e. The van der Waals surface area contributed by atoms with Crippen LogP contribution in [-0.2, 0) is 0 Å². The molecule has 0 spiro atoms. The summed E-state index contributed by atoms with van der Waals surface area (Å²) in [6.45, 7) is 2.04. The van der Waals surface area contributed by atoms with Crippen molar-refractivity contribution in [2.75, 3.05) is 12.4 Å². The van der Waals surface area contributed by atoms with E-state index in [-0.39, 0.29) is 5.78 Å². The Morgan fingerprint density at radius 2 is 1.52 bits per heavy atom. The number of carbonyl (C=O) groups is 1. The van der Waals surface area contributed by atoms with E-state index < -0.39 is 6.04 Å². The highest BCUT2D eigenvalue weighted by atomic mass is 16.5. The highest BCUT2D eigenvalue weighted by Gasteiger charge is 2.21. The van der Waals surface area contributed by atoms with Gasteiger partial charge in [-0.25, -0.2) is 0 Å². The van der Waals surface area contributed by atoms with Crippen LogP contribution < -0.4 is 10.1 Å². The van der Waals surface area contributed by atoms with Crippen LogP contribution >= 0.6 is 0 Å². The number of aryl methyl sites for hydroxylation is 1. The van der Waals surface area contributed by atoms with Gasteiger partial charge >= 0.3 is 0 Å². The lowest BCUT2D eigenvalue weighted by Crippen LogP contribution is -2.21. The highest BCUT2D eigenvalue weighted by Crippen LogP contribution is 2.25. The highest BCUT2D eigenvalue weighted by molar-refractivity contribution is 6.02. The molecule has 0 radical (unpaired) electrons. The van der Waals surface area contributed by atoms with E-state index >= 15 is 0 Å². The minimum Gasteiger partial charge on any atom is -0.497 e. The van der Waals surface area contributed by atoms with Gasteiger partial charge in [-0.2, -0.15) is 0 Å². The molecule has 126 valence electrons. The van der Waals surface area contributed by atoms with Gasteiger partial charge in [-0.3, -0.25) is 4.79 Å². The van der Waals surface area contributed by atoms with Crippen molar-refractivity contribution in [1.82, 2.24) is 0 Å². The minimum absolute atomic E-state index is 0.0419. The Morgan fingerprint density at radius 3 is 2.12 bits per heavy atom. The van der Waals surface area contributed by atoms with Crippen LogP contribution in [0.25, 0.3) is 0 Å². The zero-order valence-electron chi connectivity index (χ0n) is 14.4. The van der Waals surface area contributed by atoms with E-state index in [1.165, 1.54) is 5.56 Å². The molecule has 1 N–H and O–H groups in total. The number of nitrogens with one attached hydrogen (secondary N) is 1. The van der Waals surface area contributed by atoms with Crippen molar-refractivity contribution < 1.29 is 9.53 Å². The zero-order valence-corrected chi connectivity index (χ0v) is 14.4. The molecule has 3 aromatic carbocycles. The van der Waals surface area contributed by atoms with E-state index in [4.69, 9.17) is 4.74 Å². The Balaban J connectivity index is 1.93. The van der Waals surface area contributed by atoms with Crippen LogP contribution in [0.4, 0.5) is 5.69 Å². The molecule has 0 aliphatic heterocycles. The SMILES string of the molecule is COc1ccc(NC(C(=O)c2ccccc2)c2ccc(C)cc2)cc1. The summed E-state index contributed by atoms with van der Waals surface area (Å²) in [5.74, 6) is 0.826. The average Bonchev–Trinajstić information content (AvgIpc) is 2.67. The molecule has 0 amide bonds. The molecule has 3 heteroatoms. The Labute approximate surface area is 148 Å². The van der Waals surface area contributed by atoms with E-state index in [0.717, 1.165) is 17.0 Å². The van der Waals surface area contributed by atoms with Crippen molar-refractivity contribution in [2.24, 2.45) is 0 Å². The van der Waals surface area contributed by atoms with Crippen LogP contribution in [0.15, 0.2) is 78.9 Å². The fourth-order valence-corrected chi connectivity index (χ4v) is 2.68.